The second kappa shape index (κ2) is 11.5. The minimum absolute atomic E-state index is 0.0937. The fourth-order valence-corrected chi connectivity index (χ4v) is 9.75. The number of unbranched alkanes of at least 4 members (excludes halogenated alkanes) is 2. The van der Waals surface area contributed by atoms with Gasteiger partial charge in [-0.25, -0.2) is 13.1 Å². The molecular weight excluding hydrogens is 605 g/mol. The number of hydrogen-bond acceptors (Lipinski definition) is 6. The summed E-state index contributed by atoms with van der Waals surface area (Å²) in [5.74, 6) is 1.08. The maximum absolute atomic E-state index is 13.3. The molecule has 3 heterocycles. The van der Waals surface area contributed by atoms with Crippen LogP contribution < -0.4 is 20.0 Å². The van der Waals surface area contributed by atoms with Crippen LogP contribution in [-0.4, -0.2) is 31.6 Å². The molecule has 1 aliphatic carbocycles. The number of sulfonamides is 1. The Morgan fingerprint density at radius 1 is 1.07 bits per heavy atom. The lowest BCUT2D eigenvalue weighted by Gasteiger charge is -2.36. The van der Waals surface area contributed by atoms with Crippen LogP contribution in [-0.2, 0) is 21.2 Å². The van der Waals surface area contributed by atoms with Gasteiger partial charge in [-0.1, -0.05) is 33.3 Å². The van der Waals surface area contributed by atoms with Gasteiger partial charge in [-0.3, -0.25) is 9.79 Å². The van der Waals surface area contributed by atoms with Crippen LogP contribution in [0.3, 0.4) is 0 Å². The van der Waals surface area contributed by atoms with Gasteiger partial charge in [0.2, 0.25) is 10.0 Å². The third kappa shape index (κ3) is 6.40. The largest absolute Gasteiger partial charge is 0.481 e. The van der Waals surface area contributed by atoms with Crippen LogP contribution in [0.15, 0.2) is 51.7 Å². The van der Waals surface area contributed by atoms with Crippen molar-refractivity contribution in [1.29, 1.82) is 0 Å². The maximum atomic E-state index is 13.3. The molecule has 0 amide bonds. The number of fused-ring (bicyclic) bond motifs is 4. The summed E-state index contributed by atoms with van der Waals surface area (Å²) in [6.07, 6.45) is 6.12. The zero-order valence-electron chi connectivity index (χ0n) is 26.9. The SMILES string of the molecule is CC1=CC(C)(C)N=c2cc3c(cc21)=C(c1ccc(S(=O)(=O)NCCCCCC(=O)O)s1)c1cc2c(cc1O3)CC(C)(C)CC2C. The molecule has 0 fully saturated rings. The maximum Gasteiger partial charge on any atom is 0.303 e. The number of carbonyl (C=O) groups is 1. The molecule has 2 aliphatic heterocycles. The molecule has 9 heteroatoms. The topological polar surface area (TPSA) is 105 Å². The molecule has 7 nitrogen and oxygen atoms in total. The van der Waals surface area contributed by atoms with E-state index in [-0.39, 0.29) is 28.1 Å². The number of thiophene rings is 1. The molecule has 0 saturated heterocycles. The predicted molar refractivity (Wildman–Crippen MR) is 179 cm³/mol. The van der Waals surface area contributed by atoms with Gasteiger partial charge in [-0.05, 0) is 105 Å². The van der Waals surface area contributed by atoms with Crippen LogP contribution in [0.1, 0.15) is 107 Å². The van der Waals surface area contributed by atoms with Crippen molar-refractivity contribution in [1.82, 2.24) is 4.72 Å². The molecule has 1 unspecified atom stereocenters. The Kier molecular flexibility index (Phi) is 8.11. The second-order valence-corrected chi connectivity index (χ2v) is 17.2. The zero-order chi connectivity index (χ0) is 32.3. The number of nitrogens with one attached hydrogen (secondary N) is 1. The number of nitrogens with zero attached hydrogens (tertiary/aromatic N) is 1. The molecule has 0 radical (unpaired) electrons. The van der Waals surface area contributed by atoms with Crippen molar-refractivity contribution in [3.05, 3.63) is 80.2 Å². The molecule has 3 aliphatic rings. The highest BCUT2D eigenvalue weighted by molar-refractivity contribution is 7.91. The third-order valence-electron chi connectivity index (χ3n) is 9.01. The molecule has 45 heavy (non-hydrogen) atoms. The van der Waals surface area contributed by atoms with Crippen molar-refractivity contribution in [3.8, 4) is 11.5 Å². The van der Waals surface area contributed by atoms with Gasteiger partial charge in [0.05, 0.1) is 10.9 Å². The number of ether oxygens (including phenoxy) is 1. The van der Waals surface area contributed by atoms with Crippen LogP contribution in [0.4, 0.5) is 0 Å². The predicted octanol–water partition coefficient (Wildman–Crippen LogP) is 6.92. The quantitative estimate of drug-likeness (QED) is 0.192. The van der Waals surface area contributed by atoms with Gasteiger partial charge < -0.3 is 9.84 Å². The first-order valence-corrected chi connectivity index (χ1v) is 18.1. The van der Waals surface area contributed by atoms with E-state index in [1.165, 1.54) is 22.5 Å². The Morgan fingerprint density at radius 3 is 2.60 bits per heavy atom. The van der Waals surface area contributed by atoms with Crippen molar-refractivity contribution in [3.63, 3.8) is 0 Å². The molecule has 0 spiro atoms. The summed E-state index contributed by atoms with van der Waals surface area (Å²) in [7, 11) is -3.73. The smallest absolute Gasteiger partial charge is 0.303 e. The van der Waals surface area contributed by atoms with E-state index in [0.717, 1.165) is 62.1 Å². The Balaban J connectivity index is 1.45. The van der Waals surface area contributed by atoms with E-state index >= 15 is 0 Å². The summed E-state index contributed by atoms with van der Waals surface area (Å²) in [6.45, 7) is 13.5. The van der Waals surface area contributed by atoms with Crippen LogP contribution >= 0.6 is 11.3 Å². The average molecular weight is 647 g/mol. The van der Waals surface area contributed by atoms with Crippen LogP contribution in [0.25, 0.3) is 11.1 Å². The molecule has 0 saturated carbocycles. The van der Waals surface area contributed by atoms with Gasteiger partial charge in [-0.15, -0.1) is 11.3 Å². The molecule has 2 aromatic carbocycles. The molecule has 6 rings (SSSR count). The first-order chi connectivity index (χ1) is 21.1. The second-order valence-electron chi connectivity index (χ2n) is 14.1. The van der Waals surface area contributed by atoms with Crippen molar-refractivity contribution in [2.45, 2.75) is 95.7 Å². The summed E-state index contributed by atoms with van der Waals surface area (Å²) in [5, 5.41) is 10.7. The molecule has 238 valence electrons. The standard InChI is InChI=1S/C36H42N2O5S2/c1-21-18-35(3,4)20-23-14-29-26(15-24(21)23)34(27-16-25-22(2)19-36(5,6)38-28(25)17-30(27)43-29)31-11-12-33(44-31)45(41,42)37-13-9-7-8-10-32(39)40/h11-12,14-17,19,21,37H,7-10,13,18,20H2,1-6H3,(H,39,40). The number of carboxylic acid groups (broad SMARTS) is 1. The monoisotopic (exact) mass is 646 g/mol. The summed E-state index contributed by atoms with van der Waals surface area (Å²) in [5.41, 5.74) is 6.70. The van der Waals surface area contributed by atoms with Crippen LogP contribution in [0.5, 0.6) is 11.5 Å². The van der Waals surface area contributed by atoms with Gasteiger partial charge in [0.25, 0.3) is 0 Å². The lowest BCUT2D eigenvalue weighted by atomic mass is 9.69. The normalized spacial score (nSPS) is 19.3. The van der Waals surface area contributed by atoms with Crippen molar-refractivity contribution >= 4 is 38.5 Å². The fraction of sp³-hybridized carbons (Fsp3) is 0.444. The first-order valence-electron chi connectivity index (χ1n) is 15.8. The third-order valence-corrected chi connectivity index (χ3v) is 12.1. The van der Waals surface area contributed by atoms with Crippen LogP contribution in [0.2, 0.25) is 0 Å². The summed E-state index contributed by atoms with van der Waals surface area (Å²) >= 11 is 1.26. The number of benzene rings is 2. The molecule has 1 atom stereocenters. The number of carboxylic acids is 1. The highest BCUT2D eigenvalue weighted by atomic mass is 32.2. The lowest BCUT2D eigenvalue weighted by Crippen LogP contribution is -2.29. The van der Waals surface area contributed by atoms with Gasteiger partial charge in [0.1, 0.15) is 15.7 Å². The van der Waals surface area contributed by atoms with Crippen molar-refractivity contribution in [2.24, 2.45) is 10.4 Å². The summed E-state index contributed by atoms with van der Waals surface area (Å²) in [6, 6.07) is 12.3. The number of aliphatic carboxylic acids is 1. The van der Waals surface area contributed by atoms with Crippen LogP contribution in [0, 0.1) is 5.41 Å². The number of allylic oxidation sites excluding steroid dienone is 1. The molecule has 2 N–H and O–H groups in total. The molecule has 3 aromatic rings. The Hall–Kier alpha value is -3.27. The summed E-state index contributed by atoms with van der Waals surface area (Å²) in [4.78, 5) is 16.6. The fourth-order valence-electron chi connectivity index (χ4n) is 7.25. The lowest BCUT2D eigenvalue weighted by molar-refractivity contribution is -0.137. The Morgan fingerprint density at radius 2 is 1.84 bits per heavy atom. The van der Waals surface area contributed by atoms with E-state index < -0.39 is 16.0 Å². The number of rotatable bonds is 9. The van der Waals surface area contributed by atoms with Gasteiger partial charge in [-0.2, -0.15) is 0 Å². The molecule has 1 aromatic heterocycles. The highest BCUT2D eigenvalue weighted by Gasteiger charge is 2.33. The van der Waals surface area contributed by atoms with E-state index in [9.17, 15) is 13.2 Å². The van der Waals surface area contributed by atoms with E-state index in [4.69, 9.17) is 14.8 Å². The first kappa shape index (κ1) is 31.7. The van der Waals surface area contributed by atoms with Gasteiger partial charge >= 0.3 is 5.97 Å². The Labute approximate surface area is 269 Å². The van der Waals surface area contributed by atoms with Gasteiger partial charge in [0, 0.05) is 45.8 Å². The molecule has 0 bridgehead atoms. The Bertz CT molecular complexity index is 1970. The van der Waals surface area contributed by atoms with Crippen molar-refractivity contribution < 1.29 is 23.1 Å². The number of hydrogen-bond donors (Lipinski definition) is 2. The van der Waals surface area contributed by atoms with E-state index in [0.29, 0.717) is 25.2 Å². The van der Waals surface area contributed by atoms with E-state index in [1.54, 1.807) is 6.07 Å². The minimum Gasteiger partial charge on any atom is -0.481 e. The molecular formula is C36H42N2O5S2. The van der Waals surface area contributed by atoms with E-state index in [1.807, 2.05) is 12.1 Å². The zero-order valence-corrected chi connectivity index (χ0v) is 28.5. The minimum atomic E-state index is -3.73. The van der Waals surface area contributed by atoms with Crippen molar-refractivity contribution in [2.75, 3.05) is 6.54 Å². The summed E-state index contributed by atoms with van der Waals surface area (Å²) < 4.78 is 36.2. The van der Waals surface area contributed by atoms with Gasteiger partial charge in [0.15, 0.2) is 0 Å². The highest BCUT2D eigenvalue weighted by Crippen LogP contribution is 2.47. The van der Waals surface area contributed by atoms with E-state index in [2.05, 4.69) is 70.5 Å². The average Bonchev–Trinajstić information content (AvgIpc) is 3.42.